The van der Waals surface area contributed by atoms with Crippen molar-refractivity contribution in [2.75, 3.05) is 0 Å². The molecule has 0 aliphatic carbocycles. The number of benzene rings is 2. The molecule has 4 aromatic rings. The molecule has 8 heteroatoms. The van der Waals surface area contributed by atoms with Gasteiger partial charge in [0.1, 0.15) is 16.2 Å². The zero-order valence-corrected chi connectivity index (χ0v) is 17.2. The maximum absolute atomic E-state index is 10.8. The summed E-state index contributed by atoms with van der Waals surface area (Å²) < 4.78 is 0. The van der Waals surface area contributed by atoms with Gasteiger partial charge in [-0.05, 0) is 42.8 Å². The smallest absolute Gasteiger partial charge is 0.258 e. The Kier molecular flexibility index (Phi) is 5.27. The molecule has 0 saturated heterocycles. The summed E-state index contributed by atoms with van der Waals surface area (Å²) in [7, 11) is 0. The van der Waals surface area contributed by atoms with Crippen molar-refractivity contribution < 1.29 is 4.92 Å². The first-order valence-electron chi connectivity index (χ1n) is 8.84. The first-order valence-corrected chi connectivity index (χ1v) is 10.1. The van der Waals surface area contributed by atoms with Crippen LogP contribution in [0.15, 0.2) is 53.9 Å². The van der Waals surface area contributed by atoms with Crippen LogP contribution in [-0.2, 0) is 0 Å². The number of allylic oxidation sites excluding steroid dienone is 1. The lowest BCUT2D eigenvalue weighted by Crippen LogP contribution is -1.88. The van der Waals surface area contributed by atoms with Gasteiger partial charge < -0.3 is 0 Å². The Morgan fingerprint density at radius 2 is 1.97 bits per heavy atom. The van der Waals surface area contributed by atoms with E-state index in [1.54, 1.807) is 18.2 Å². The van der Waals surface area contributed by atoms with E-state index in [2.05, 4.69) is 16.0 Å². The molecule has 6 nitrogen and oxygen atoms in total. The van der Waals surface area contributed by atoms with Gasteiger partial charge in [0, 0.05) is 34.0 Å². The number of nitro groups is 1. The van der Waals surface area contributed by atoms with Crippen molar-refractivity contribution in [2.45, 2.75) is 6.92 Å². The van der Waals surface area contributed by atoms with Gasteiger partial charge in [-0.2, -0.15) is 5.26 Å². The van der Waals surface area contributed by atoms with E-state index >= 15 is 0 Å². The zero-order chi connectivity index (χ0) is 21.3. The van der Waals surface area contributed by atoms with E-state index < -0.39 is 4.92 Å². The molecule has 0 radical (unpaired) electrons. The summed E-state index contributed by atoms with van der Waals surface area (Å²) in [6.45, 7) is 1.99. The standard InChI is InChI=1S/C22H13ClN4O2S/c1-13-2-3-15-9-16(21(23)25-19(15)8-13)10-17(11-24)22-26-20(12-30-22)14-4-6-18(7-5-14)27(28)29/h2-10,12H,1H3/b17-10+. The van der Waals surface area contributed by atoms with Crippen molar-refractivity contribution >= 4 is 51.2 Å². The van der Waals surface area contributed by atoms with Crippen LogP contribution in [0.1, 0.15) is 16.1 Å². The number of rotatable bonds is 4. The van der Waals surface area contributed by atoms with Gasteiger partial charge in [-0.25, -0.2) is 9.97 Å². The highest BCUT2D eigenvalue weighted by Gasteiger charge is 2.12. The Morgan fingerprint density at radius 1 is 1.20 bits per heavy atom. The third-order valence-corrected chi connectivity index (χ3v) is 5.66. The lowest BCUT2D eigenvalue weighted by Gasteiger charge is -2.04. The Hall–Kier alpha value is -3.60. The second-order valence-corrected chi connectivity index (χ2v) is 7.79. The largest absolute Gasteiger partial charge is 0.269 e. The fraction of sp³-hybridized carbons (Fsp3) is 0.0455. The second-order valence-electron chi connectivity index (χ2n) is 6.58. The van der Waals surface area contributed by atoms with Gasteiger partial charge in [0.2, 0.25) is 0 Å². The van der Waals surface area contributed by atoms with Crippen LogP contribution in [0, 0.1) is 28.4 Å². The Morgan fingerprint density at radius 3 is 2.67 bits per heavy atom. The molecule has 0 atom stereocenters. The lowest BCUT2D eigenvalue weighted by molar-refractivity contribution is -0.384. The maximum atomic E-state index is 10.8. The molecule has 2 aromatic heterocycles. The number of nitrogens with zero attached hydrogens (tertiary/aromatic N) is 4. The quantitative estimate of drug-likeness (QED) is 0.163. The molecule has 30 heavy (non-hydrogen) atoms. The molecule has 0 fully saturated rings. The minimum atomic E-state index is -0.449. The van der Waals surface area contributed by atoms with Crippen molar-refractivity contribution in [3.63, 3.8) is 0 Å². The summed E-state index contributed by atoms with van der Waals surface area (Å²) in [5, 5.41) is 24.1. The van der Waals surface area contributed by atoms with Crippen molar-refractivity contribution in [3.05, 3.63) is 85.3 Å². The Bertz CT molecular complexity index is 1350. The van der Waals surface area contributed by atoms with Gasteiger partial charge in [-0.3, -0.25) is 10.1 Å². The van der Waals surface area contributed by atoms with Crippen LogP contribution in [0.5, 0.6) is 0 Å². The fourth-order valence-corrected chi connectivity index (χ4v) is 3.95. The van der Waals surface area contributed by atoms with Gasteiger partial charge in [-0.1, -0.05) is 23.7 Å². The van der Waals surface area contributed by atoms with Crippen LogP contribution < -0.4 is 0 Å². The Labute approximate surface area is 180 Å². The zero-order valence-electron chi connectivity index (χ0n) is 15.7. The molecule has 2 aromatic carbocycles. The second kappa shape index (κ2) is 8.03. The molecular weight excluding hydrogens is 420 g/mol. The monoisotopic (exact) mass is 432 g/mol. The average molecular weight is 433 g/mol. The molecule has 146 valence electrons. The van der Waals surface area contributed by atoms with E-state index in [1.807, 2.05) is 36.6 Å². The number of pyridine rings is 1. The van der Waals surface area contributed by atoms with Crippen LogP contribution >= 0.6 is 22.9 Å². The number of nitriles is 1. The minimum Gasteiger partial charge on any atom is -0.258 e. The summed E-state index contributed by atoms with van der Waals surface area (Å²) in [6.07, 6.45) is 1.67. The molecule has 0 aliphatic rings. The van der Waals surface area contributed by atoms with Gasteiger partial charge in [-0.15, -0.1) is 11.3 Å². The summed E-state index contributed by atoms with van der Waals surface area (Å²) in [4.78, 5) is 19.3. The van der Waals surface area contributed by atoms with Crippen molar-refractivity contribution in [1.82, 2.24) is 9.97 Å². The number of aromatic nitrogens is 2. The molecular formula is C22H13ClN4O2S. The van der Waals surface area contributed by atoms with Crippen molar-refractivity contribution in [1.29, 1.82) is 5.26 Å². The predicted octanol–water partition coefficient (Wildman–Crippen LogP) is 6.29. The summed E-state index contributed by atoms with van der Waals surface area (Å²) in [6, 6.07) is 16.1. The third-order valence-electron chi connectivity index (χ3n) is 4.48. The van der Waals surface area contributed by atoms with E-state index in [0.717, 1.165) is 22.0 Å². The van der Waals surface area contributed by atoms with Crippen LogP contribution in [0.4, 0.5) is 5.69 Å². The maximum Gasteiger partial charge on any atom is 0.269 e. The van der Waals surface area contributed by atoms with Crippen LogP contribution in [0.25, 0.3) is 33.8 Å². The highest BCUT2D eigenvalue weighted by atomic mass is 35.5. The van der Waals surface area contributed by atoms with Gasteiger partial charge in [0.15, 0.2) is 0 Å². The number of halogens is 1. The highest BCUT2D eigenvalue weighted by Crippen LogP contribution is 2.30. The van der Waals surface area contributed by atoms with Crippen LogP contribution in [0.3, 0.4) is 0 Å². The number of thiazole rings is 1. The van der Waals surface area contributed by atoms with E-state index in [0.29, 0.717) is 27.0 Å². The van der Waals surface area contributed by atoms with Crippen LogP contribution in [-0.4, -0.2) is 14.9 Å². The Balaban J connectivity index is 1.69. The minimum absolute atomic E-state index is 0.0143. The van der Waals surface area contributed by atoms with Gasteiger partial charge in [0.05, 0.1) is 21.7 Å². The van der Waals surface area contributed by atoms with Crippen LogP contribution in [0.2, 0.25) is 5.15 Å². The van der Waals surface area contributed by atoms with E-state index in [4.69, 9.17) is 11.6 Å². The number of nitro benzene ring substituents is 1. The first kappa shape index (κ1) is 19.7. The molecule has 0 spiro atoms. The van der Waals surface area contributed by atoms with E-state index in [1.165, 1.54) is 23.5 Å². The van der Waals surface area contributed by atoms with Gasteiger partial charge >= 0.3 is 0 Å². The molecule has 0 saturated carbocycles. The molecule has 2 heterocycles. The lowest BCUT2D eigenvalue weighted by atomic mass is 10.1. The van der Waals surface area contributed by atoms with Gasteiger partial charge in [0.25, 0.3) is 5.69 Å². The third kappa shape index (κ3) is 3.92. The number of fused-ring (bicyclic) bond motifs is 1. The normalized spacial score (nSPS) is 11.4. The molecule has 4 rings (SSSR count). The molecule has 0 unspecified atom stereocenters. The van der Waals surface area contributed by atoms with E-state index in [-0.39, 0.29) is 5.69 Å². The van der Waals surface area contributed by atoms with Crippen molar-refractivity contribution in [3.8, 4) is 17.3 Å². The molecule has 0 aliphatic heterocycles. The highest BCUT2D eigenvalue weighted by molar-refractivity contribution is 7.11. The topological polar surface area (TPSA) is 92.7 Å². The summed E-state index contributed by atoms with van der Waals surface area (Å²) in [5.41, 5.74) is 4.28. The molecule has 0 amide bonds. The number of hydrogen-bond acceptors (Lipinski definition) is 6. The molecule has 0 N–H and O–H groups in total. The number of non-ortho nitro benzene ring substituents is 1. The number of hydrogen-bond donors (Lipinski definition) is 0. The van der Waals surface area contributed by atoms with Crippen molar-refractivity contribution in [2.24, 2.45) is 0 Å². The number of aryl methyl sites for hydroxylation is 1. The van der Waals surface area contributed by atoms with E-state index in [9.17, 15) is 15.4 Å². The summed E-state index contributed by atoms with van der Waals surface area (Å²) >= 11 is 7.67. The SMILES string of the molecule is Cc1ccc2cc(/C=C(\C#N)c3nc(-c4ccc([N+](=O)[O-])cc4)cs3)c(Cl)nc2c1. The summed E-state index contributed by atoms with van der Waals surface area (Å²) in [5.74, 6) is 0. The fourth-order valence-electron chi connectivity index (χ4n) is 2.95. The average Bonchev–Trinajstić information content (AvgIpc) is 3.22. The predicted molar refractivity (Wildman–Crippen MR) is 119 cm³/mol. The molecule has 0 bridgehead atoms. The first-order chi connectivity index (χ1) is 14.4.